The van der Waals surface area contributed by atoms with Gasteiger partial charge < -0.3 is 19.9 Å². The van der Waals surface area contributed by atoms with Gasteiger partial charge in [0.25, 0.3) is 0 Å². The number of H-pyrrole nitrogens is 1. The molecule has 1 aliphatic carbocycles. The fourth-order valence-corrected chi connectivity index (χ4v) is 5.52. The van der Waals surface area contributed by atoms with Gasteiger partial charge in [0.1, 0.15) is 5.82 Å². The van der Waals surface area contributed by atoms with Crippen molar-refractivity contribution >= 4 is 5.91 Å². The van der Waals surface area contributed by atoms with E-state index in [2.05, 4.69) is 52.2 Å². The molecular weight excluding hydrogens is 462 g/mol. The summed E-state index contributed by atoms with van der Waals surface area (Å²) >= 11 is 0. The average molecular weight is 502 g/mol. The SMILES string of the molecule is COCCN1CCC(C(=O)NCC(C)(C)c2nc(-c3ccc4c(c3)CCC4)c(-c3ccncc3)[nH]2)CC1. The van der Waals surface area contributed by atoms with Gasteiger partial charge in [-0.05, 0) is 74.5 Å². The van der Waals surface area contributed by atoms with Crippen molar-refractivity contribution < 1.29 is 9.53 Å². The number of hydrogen-bond acceptors (Lipinski definition) is 5. The number of carbonyl (C=O) groups excluding carboxylic acids is 1. The smallest absolute Gasteiger partial charge is 0.223 e. The average Bonchev–Trinajstić information content (AvgIpc) is 3.59. The molecule has 1 saturated heterocycles. The van der Waals surface area contributed by atoms with Crippen molar-refractivity contribution in [3.8, 4) is 22.5 Å². The molecule has 2 N–H and O–H groups in total. The van der Waals surface area contributed by atoms with Crippen molar-refractivity contribution in [2.45, 2.75) is 51.4 Å². The number of benzene rings is 1. The zero-order chi connectivity index (χ0) is 25.8. The lowest BCUT2D eigenvalue weighted by Gasteiger charge is -2.31. The number of aromatic amines is 1. The van der Waals surface area contributed by atoms with Crippen LogP contribution in [-0.4, -0.2) is 65.7 Å². The minimum absolute atomic E-state index is 0.0700. The number of fused-ring (bicyclic) bond motifs is 1. The Balaban J connectivity index is 1.32. The van der Waals surface area contributed by atoms with Crippen molar-refractivity contribution in [3.05, 3.63) is 59.7 Å². The summed E-state index contributed by atoms with van der Waals surface area (Å²) in [5, 5.41) is 3.24. The van der Waals surface area contributed by atoms with E-state index in [0.29, 0.717) is 6.54 Å². The van der Waals surface area contributed by atoms with Gasteiger partial charge >= 0.3 is 0 Å². The number of pyridine rings is 1. The highest BCUT2D eigenvalue weighted by molar-refractivity contribution is 5.80. The van der Waals surface area contributed by atoms with E-state index >= 15 is 0 Å². The van der Waals surface area contributed by atoms with Gasteiger partial charge in [-0.15, -0.1) is 0 Å². The molecule has 1 aromatic carbocycles. The Morgan fingerprint density at radius 2 is 1.86 bits per heavy atom. The molecule has 2 aliphatic rings. The van der Waals surface area contributed by atoms with Crippen LogP contribution in [0.4, 0.5) is 0 Å². The van der Waals surface area contributed by atoms with Crippen LogP contribution in [0.1, 0.15) is 50.1 Å². The lowest BCUT2D eigenvalue weighted by Crippen LogP contribution is -2.44. The Hall–Kier alpha value is -3.03. The number of carbonyl (C=O) groups is 1. The third-order valence-electron chi connectivity index (χ3n) is 7.96. The van der Waals surface area contributed by atoms with Crippen molar-refractivity contribution in [1.29, 1.82) is 0 Å². The maximum Gasteiger partial charge on any atom is 0.223 e. The van der Waals surface area contributed by atoms with Crippen LogP contribution in [0, 0.1) is 5.92 Å². The molecule has 0 radical (unpaired) electrons. The van der Waals surface area contributed by atoms with Crippen LogP contribution in [-0.2, 0) is 27.8 Å². The minimum Gasteiger partial charge on any atom is -0.383 e. The van der Waals surface area contributed by atoms with Crippen molar-refractivity contribution in [3.63, 3.8) is 0 Å². The number of likely N-dealkylation sites (tertiary alicyclic amines) is 1. The maximum atomic E-state index is 13.0. The standard InChI is InChI=1S/C30H39N5O2/c1-30(2,20-32-28(36)23-11-15-35(16-12-23)17-18-37-3)29-33-26(22-9-13-31-14-10-22)27(34-29)25-8-7-21-5-4-6-24(21)19-25/h7-10,13-14,19,23H,4-6,11-12,15-18,20H2,1-3H3,(H,32,36)(H,33,34). The Kier molecular flexibility index (Phi) is 7.72. The molecule has 0 unspecified atom stereocenters. The molecule has 3 aromatic rings. The van der Waals surface area contributed by atoms with Gasteiger partial charge in [-0.2, -0.15) is 0 Å². The van der Waals surface area contributed by atoms with E-state index in [1.807, 2.05) is 24.5 Å². The zero-order valence-corrected chi connectivity index (χ0v) is 22.3. The second kappa shape index (κ2) is 11.2. The molecule has 0 atom stereocenters. The summed E-state index contributed by atoms with van der Waals surface area (Å²) in [4.78, 5) is 28.4. The van der Waals surface area contributed by atoms with Crippen LogP contribution >= 0.6 is 0 Å². The summed E-state index contributed by atoms with van der Waals surface area (Å²) in [6, 6.07) is 10.8. The predicted molar refractivity (Wildman–Crippen MR) is 146 cm³/mol. The highest BCUT2D eigenvalue weighted by atomic mass is 16.5. The normalized spacial score (nSPS) is 16.6. The number of imidazole rings is 1. The first-order valence-electron chi connectivity index (χ1n) is 13.6. The highest BCUT2D eigenvalue weighted by Crippen LogP contribution is 2.35. The summed E-state index contributed by atoms with van der Waals surface area (Å²) in [6.07, 6.45) is 8.94. The molecule has 1 aliphatic heterocycles. The number of methoxy groups -OCH3 is 1. The number of hydrogen-bond donors (Lipinski definition) is 2. The summed E-state index contributed by atoms with van der Waals surface area (Å²) < 4.78 is 5.19. The van der Waals surface area contributed by atoms with Crippen molar-refractivity contribution in [1.82, 2.24) is 25.2 Å². The number of ether oxygens (including phenoxy) is 1. The summed E-state index contributed by atoms with van der Waals surface area (Å²) in [5.41, 5.74) is 6.68. The number of amides is 1. The van der Waals surface area contributed by atoms with Crippen LogP contribution < -0.4 is 5.32 Å². The lowest BCUT2D eigenvalue weighted by molar-refractivity contribution is -0.126. The van der Waals surface area contributed by atoms with Crippen LogP contribution in [0.5, 0.6) is 0 Å². The number of rotatable bonds is 9. The maximum absolute atomic E-state index is 13.0. The lowest BCUT2D eigenvalue weighted by atomic mass is 9.91. The largest absolute Gasteiger partial charge is 0.383 e. The van der Waals surface area contributed by atoms with E-state index in [1.165, 1.54) is 17.5 Å². The van der Waals surface area contributed by atoms with E-state index in [-0.39, 0.29) is 17.2 Å². The fraction of sp³-hybridized carbons (Fsp3) is 0.500. The van der Waals surface area contributed by atoms with E-state index in [4.69, 9.17) is 9.72 Å². The van der Waals surface area contributed by atoms with Crippen LogP contribution in [0.3, 0.4) is 0 Å². The Bertz CT molecular complexity index is 1210. The fourth-order valence-electron chi connectivity index (χ4n) is 5.52. The Morgan fingerprint density at radius 1 is 1.11 bits per heavy atom. The molecule has 1 fully saturated rings. The predicted octanol–water partition coefficient (Wildman–Crippen LogP) is 4.38. The number of piperidine rings is 1. The molecule has 7 nitrogen and oxygen atoms in total. The second-order valence-electron chi connectivity index (χ2n) is 11.1. The van der Waals surface area contributed by atoms with Crippen LogP contribution in [0.25, 0.3) is 22.5 Å². The zero-order valence-electron chi connectivity index (χ0n) is 22.3. The van der Waals surface area contributed by atoms with Gasteiger partial charge in [0.15, 0.2) is 0 Å². The highest BCUT2D eigenvalue weighted by Gasteiger charge is 2.30. The first-order valence-corrected chi connectivity index (χ1v) is 13.6. The van der Waals surface area contributed by atoms with Crippen LogP contribution in [0.2, 0.25) is 0 Å². The van der Waals surface area contributed by atoms with Crippen molar-refractivity contribution in [2.24, 2.45) is 5.92 Å². The van der Waals surface area contributed by atoms with Gasteiger partial charge in [0, 0.05) is 55.1 Å². The Morgan fingerprint density at radius 3 is 2.62 bits per heavy atom. The molecule has 3 heterocycles. The molecule has 5 rings (SSSR count). The van der Waals surface area contributed by atoms with Crippen molar-refractivity contribution in [2.75, 3.05) is 39.9 Å². The van der Waals surface area contributed by atoms with E-state index in [9.17, 15) is 4.79 Å². The topological polar surface area (TPSA) is 83.1 Å². The van der Waals surface area contributed by atoms with Gasteiger partial charge in [-0.25, -0.2) is 4.98 Å². The molecular formula is C30H39N5O2. The summed E-state index contributed by atoms with van der Waals surface area (Å²) in [6.45, 7) is 8.38. The Labute approximate surface area is 220 Å². The third kappa shape index (κ3) is 5.78. The molecule has 2 aromatic heterocycles. The quantitative estimate of drug-likeness (QED) is 0.455. The molecule has 196 valence electrons. The second-order valence-corrected chi connectivity index (χ2v) is 11.1. The van der Waals surface area contributed by atoms with Gasteiger partial charge in [-0.3, -0.25) is 9.78 Å². The first kappa shape index (κ1) is 25.6. The number of nitrogens with zero attached hydrogens (tertiary/aromatic N) is 3. The molecule has 0 spiro atoms. The molecule has 7 heteroatoms. The van der Waals surface area contributed by atoms with Gasteiger partial charge in [0.05, 0.1) is 18.0 Å². The number of nitrogens with one attached hydrogen (secondary N) is 2. The molecule has 0 saturated carbocycles. The van der Waals surface area contributed by atoms with Gasteiger partial charge in [0.2, 0.25) is 5.91 Å². The summed E-state index contributed by atoms with van der Waals surface area (Å²) in [5.74, 6) is 1.10. The van der Waals surface area contributed by atoms with E-state index in [1.54, 1.807) is 7.11 Å². The van der Waals surface area contributed by atoms with Gasteiger partial charge in [-0.1, -0.05) is 26.0 Å². The van der Waals surface area contributed by atoms with E-state index < -0.39 is 0 Å². The number of aryl methyl sites for hydroxylation is 2. The summed E-state index contributed by atoms with van der Waals surface area (Å²) in [7, 11) is 1.73. The molecule has 0 bridgehead atoms. The first-order chi connectivity index (χ1) is 17.9. The molecule has 37 heavy (non-hydrogen) atoms. The third-order valence-corrected chi connectivity index (χ3v) is 7.96. The molecule has 1 amide bonds. The van der Waals surface area contributed by atoms with Crippen LogP contribution in [0.15, 0.2) is 42.7 Å². The number of aromatic nitrogens is 3. The minimum atomic E-state index is -0.356. The monoisotopic (exact) mass is 501 g/mol. The van der Waals surface area contributed by atoms with E-state index in [0.717, 1.165) is 80.3 Å².